The first-order chi connectivity index (χ1) is 15.4. The molecule has 3 aromatic carbocycles. The Morgan fingerprint density at radius 2 is 1.47 bits per heavy atom. The molecule has 0 bridgehead atoms. The van der Waals surface area contributed by atoms with Crippen LogP contribution < -0.4 is 10.6 Å². The van der Waals surface area contributed by atoms with Gasteiger partial charge in [-0.25, -0.2) is 4.79 Å². The maximum absolute atomic E-state index is 13.1. The van der Waals surface area contributed by atoms with Gasteiger partial charge in [0.15, 0.2) is 0 Å². The second-order valence-corrected chi connectivity index (χ2v) is 8.21. The number of carbonyl (C=O) groups is 3. The number of hydrogen-bond acceptors (Lipinski definition) is 3. The maximum atomic E-state index is 13.1. The van der Waals surface area contributed by atoms with Gasteiger partial charge in [-0.1, -0.05) is 84.4 Å². The van der Waals surface area contributed by atoms with Crippen molar-refractivity contribution in [2.24, 2.45) is 0 Å². The van der Waals surface area contributed by atoms with Gasteiger partial charge in [-0.3, -0.25) is 14.5 Å². The number of hydrogen-bond donors (Lipinski definition) is 2. The Bertz CT molecular complexity index is 1100. The van der Waals surface area contributed by atoms with Gasteiger partial charge < -0.3 is 10.6 Å². The number of nitrogens with one attached hydrogen (secondary N) is 2. The molecule has 0 aromatic heterocycles. The van der Waals surface area contributed by atoms with Crippen molar-refractivity contribution in [2.75, 3.05) is 6.54 Å². The van der Waals surface area contributed by atoms with Crippen LogP contribution in [0.5, 0.6) is 0 Å². The smallest absolute Gasteiger partial charge is 0.325 e. The van der Waals surface area contributed by atoms with Gasteiger partial charge in [0.1, 0.15) is 12.1 Å². The molecule has 4 rings (SSSR count). The molecule has 7 heteroatoms. The molecule has 1 saturated heterocycles. The van der Waals surface area contributed by atoms with Gasteiger partial charge >= 0.3 is 6.03 Å². The topological polar surface area (TPSA) is 78.5 Å². The van der Waals surface area contributed by atoms with Crippen molar-refractivity contribution in [3.05, 3.63) is 107 Å². The zero-order valence-corrected chi connectivity index (χ0v) is 18.2. The monoisotopic (exact) mass is 447 g/mol. The van der Waals surface area contributed by atoms with Crippen LogP contribution in [0.1, 0.15) is 29.7 Å². The summed E-state index contributed by atoms with van der Waals surface area (Å²) < 4.78 is 0. The van der Waals surface area contributed by atoms with E-state index in [4.69, 9.17) is 11.6 Å². The van der Waals surface area contributed by atoms with Crippen LogP contribution in [0.2, 0.25) is 5.02 Å². The number of amides is 4. The molecule has 1 fully saturated rings. The van der Waals surface area contributed by atoms with Gasteiger partial charge in [-0.05, 0) is 35.7 Å². The number of benzene rings is 3. The van der Waals surface area contributed by atoms with Crippen LogP contribution in [0.3, 0.4) is 0 Å². The molecule has 1 atom stereocenters. The minimum Gasteiger partial charge on any atom is -0.344 e. The molecule has 0 unspecified atom stereocenters. The van der Waals surface area contributed by atoms with Gasteiger partial charge in [0, 0.05) is 5.02 Å². The quantitative estimate of drug-likeness (QED) is 0.560. The van der Waals surface area contributed by atoms with Crippen LogP contribution in [0.15, 0.2) is 84.9 Å². The fourth-order valence-electron chi connectivity index (χ4n) is 3.82. The Morgan fingerprint density at radius 1 is 0.938 bits per heavy atom. The number of halogens is 1. The third kappa shape index (κ3) is 4.22. The van der Waals surface area contributed by atoms with E-state index in [0.29, 0.717) is 10.6 Å². The van der Waals surface area contributed by atoms with Crippen LogP contribution in [0.25, 0.3) is 0 Å². The van der Waals surface area contributed by atoms with E-state index in [1.54, 1.807) is 31.2 Å². The summed E-state index contributed by atoms with van der Waals surface area (Å²) in [6, 6.07) is 24.7. The zero-order valence-electron chi connectivity index (χ0n) is 17.4. The largest absolute Gasteiger partial charge is 0.344 e. The van der Waals surface area contributed by atoms with Gasteiger partial charge in [0.05, 0.1) is 6.04 Å². The number of carbonyl (C=O) groups excluding carboxylic acids is 3. The van der Waals surface area contributed by atoms with E-state index < -0.39 is 29.4 Å². The van der Waals surface area contributed by atoms with Crippen molar-refractivity contribution in [2.45, 2.75) is 18.5 Å². The van der Waals surface area contributed by atoms with Crippen LogP contribution in [-0.2, 0) is 15.1 Å². The van der Waals surface area contributed by atoms with Crippen molar-refractivity contribution < 1.29 is 14.4 Å². The van der Waals surface area contributed by atoms with E-state index in [-0.39, 0.29) is 6.54 Å². The Kier molecular flexibility index (Phi) is 5.97. The van der Waals surface area contributed by atoms with Gasteiger partial charge in [0.25, 0.3) is 5.91 Å². The molecule has 6 nitrogen and oxygen atoms in total. The summed E-state index contributed by atoms with van der Waals surface area (Å²) in [6.07, 6.45) is 0. The van der Waals surface area contributed by atoms with E-state index in [2.05, 4.69) is 10.6 Å². The fraction of sp³-hybridized carbons (Fsp3) is 0.160. The van der Waals surface area contributed by atoms with Gasteiger partial charge in [0.2, 0.25) is 5.91 Å². The molecule has 32 heavy (non-hydrogen) atoms. The molecule has 4 amide bonds. The predicted molar refractivity (Wildman–Crippen MR) is 122 cm³/mol. The minimum absolute atomic E-state index is 0.385. The van der Waals surface area contributed by atoms with E-state index in [1.807, 2.05) is 60.7 Å². The Balaban J connectivity index is 1.53. The molecule has 2 N–H and O–H groups in total. The molecule has 3 aromatic rings. The van der Waals surface area contributed by atoms with Gasteiger partial charge in [-0.15, -0.1) is 0 Å². The first-order valence-electron chi connectivity index (χ1n) is 10.2. The van der Waals surface area contributed by atoms with E-state index in [0.717, 1.165) is 16.0 Å². The molecular formula is C25H22ClN3O3. The molecule has 1 aliphatic heterocycles. The molecule has 1 heterocycles. The average Bonchev–Trinajstić information content (AvgIpc) is 3.03. The van der Waals surface area contributed by atoms with Crippen molar-refractivity contribution in [3.8, 4) is 0 Å². The summed E-state index contributed by atoms with van der Waals surface area (Å²) >= 11 is 5.94. The Labute approximate surface area is 191 Å². The SMILES string of the molecule is C[C@@]1(c2ccc(Cl)cc2)NC(=O)N(CC(=O)NC(c2ccccc2)c2ccccc2)C1=O. The summed E-state index contributed by atoms with van der Waals surface area (Å²) in [4.78, 5) is 39.6. The van der Waals surface area contributed by atoms with E-state index >= 15 is 0 Å². The number of urea groups is 1. The zero-order chi connectivity index (χ0) is 22.7. The van der Waals surface area contributed by atoms with Crippen molar-refractivity contribution in [3.63, 3.8) is 0 Å². The summed E-state index contributed by atoms with van der Waals surface area (Å²) in [5, 5.41) is 6.19. The molecule has 0 radical (unpaired) electrons. The minimum atomic E-state index is -1.26. The predicted octanol–water partition coefficient (Wildman–Crippen LogP) is 4.01. The number of nitrogens with zero attached hydrogens (tertiary/aromatic N) is 1. The second-order valence-electron chi connectivity index (χ2n) is 7.78. The van der Waals surface area contributed by atoms with Crippen LogP contribution in [0, 0.1) is 0 Å². The lowest BCUT2D eigenvalue weighted by atomic mass is 9.92. The third-order valence-corrected chi connectivity index (χ3v) is 5.82. The molecule has 0 aliphatic carbocycles. The average molecular weight is 448 g/mol. The Hall–Kier alpha value is -3.64. The first-order valence-corrected chi connectivity index (χ1v) is 10.6. The van der Waals surface area contributed by atoms with E-state index in [9.17, 15) is 14.4 Å². The molecule has 1 aliphatic rings. The Morgan fingerprint density at radius 3 is 2.00 bits per heavy atom. The maximum Gasteiger partial charge on any atom is 0.325 e. The first kappa shape index (κ1) is 21.6. The fourth-order valence-corrected chi connectivity index (χ4v) is 3.95. The summed E-state index contributed by atoms with van der Waals surface area (Å²) in [7, 11) is 0. The summed E-state index contributed by atoms with van der Waals surface area (Å²) in [5.41, 5.74) is 1.13. The van der Waals surface area contributed by atoms with Crippen molar-refractivity contribution >= 4 is 29.4 Å². The van der Waals surface area contributed by atoms with Crippen molar-refractivity contribution in [1.29, 1.82) is 0 Å². The lowest BCUT2D eigenvalue weighted by Gasteiger charge is -2.23. The highest BCUT2D eigenvalue weighted by Crippen LogP contribution is 2.30. The normalized spacial score (nSPS) is 18.0. The van der Waals surface area contributed by atoms with Crippen LogP contribution >= 0.6 is 11.6 Å². The summed E-state index contributed by atoms with van der Waals surface area (Å²) in [5.74, 6) is -0.928. The standard InChI is InChI=1S/C25H22ClN3O3/c1-25(19-12-14-20(26)15-13-19)23(31)29(24(32)28-25)16-21(30)27-22(17-8-4-2-5-9-17)18-10-6-3-7-11-18/h2-15,22H,16H2,1H3,(H,27,30)(H,28,32)/t25-/m0/s1. The number of rotatable bonds is 6. The third-order valence-electron chi connectivity index (χ3n) is 5.57. The molecule has 0 saturated carbocycles. The second kappa shape index (κ2) is 8.85. The molecule has 162 valence electrons. The van der Waals surface area contributed by atoms with Gasteiger partial charge in [-0.2, -0.15) is 0 Å². The lowest BCUT2D eigenvalue weighted by Crippen LogP contribution is -2.44. The highest BCUT2D eigenvalue weighted by molar-refractivity contribution is 6.30. The van der Waals surface area contributed by atoms with Crippen LogP contribution in [-0.4, -0.2) is 29.3 Å². The number of imide groups is 1. The lowest BCUT2D eigenvalue weighted by molar-refractivity contribution is -0.135. The summed E-state index contributed by atoms with van der Waals surface area (Å²) in [6.45, 7) is 1.23. The highest BCUT2D eigenvalue weighted by atomic mass is 35.5. The van der Waals surface area contributed by atoms with Crippen molar-refractivity contribution in [1.82, 2.24) is 15.5 Å². The van der Waals surface area contributed by atoms with E-state index in [1.165, 1.54) is 0 Å². The molecule has 0 spiro atoms. The van der Waals surface area contributed by atoms with Crippen LogP contribution in [0.4, 0.5) is 4.79 Å². The molecular weight excluding hydrogens is 426 g/mol. The highest BCUT2D eigenvalue weighted by Gasteiger charge is 2.49.